The predicted octanol–water partition coefficient (Wildman–Crippen LogP) is 4.66. The number of carbonyl (C=O) groups is 1. The van der Waals surface area contributed by atoms with Crippen molar-refractivity contribution < 1.29 is 24.5 Å². The summed E-state index contributed by atoms with van der Waals surface area (Å²) in [4.78, 5) is 15.4. The summed E-state index contributed by atoms with van der Waals surface area (Å²) in [5.41, 5.74) is 3.94. The van der Waals surface area contributed by atoms with Crippen molar-refractivity contribution in [1.29, 1.82) is 0 Å². The van der Waals surface area contributed by atoms with Crippen LogP contribution in [0.1, 0.15) is 12.5 Å². The van der Waals surface area contributed by atoms with Crippen molar-refractivity contribution in [3.8, 4) is 22.6 Å². The van der Waals surface area contributed by atoms with Crippen LogP contribution in [0.5, 0.6) is 11.5 Å². The number of rotatable bonds is 7. The van der Waals surface area contributed by atoms with Gasteiger partial charge in [-0.15, -0.1) is 0 Å². The number of nitrogens with zero attached hydrogens (tertiary/aromatic N) is 3. The number of aliphatic hydroxyl groups excluding tert-OH is 1. The second kappa shape index (κ2) is 10.1. The molecule has 10 heteroatoms. The Morgan fingerprint density at radius 2 is 1.95 bits per heavy atom. The Morgan fingerprint density at radius 1 is 1.16 bits per heavy atom. The molecule has 2 atom stereocenters. The quantitative estimate of drug-likeness (QED) is 0.303. The van der Waals surface area contributed by atoms with Crippen molar-refractivity contribution in [2.24, 2.45) is 12.0 Å². The summed E-state index contributed by atoms with van der Waals surface area (Å²) in [7, 11) is 1.84. The van der Waals surface area contributed by atoms with Gasteiger partial charge in [0.15, 0.2) is 23.4 Å². The number of aromatic nitrogens is 2. The van der Waals surface area contributed by atoms with E-state index in [1.54, 1.807) is 4.68 Å². The van der Waals surface area contributed by atoms with Crippen LogP contribution in [0.15, 0.2) is 59.6 Å². The van der Waals surface area contributed by atoms with Crippen LogP contribution in [0.25, 0.3) is 22.0 Å². The smallest absolute Gasteiger partial charge is 0.331 e. The number of benzene rings is 3. The van der Waals surface area contributed by atoms with E-state index < -0.39 is 18.1 Å². The van der Waals surface area contributed by atoms with E-state index in [9.17, 15) is 15.0 Å². The third-order valence-electron chi connectivity index (χ3n) is 6.07. The van der Waals surface area contributed by atoms with E-state index in [0.717, 1.165) is 22.0 Å². The number of aryl methyl sites for hydroxylation is 1. The van der Waals surface area contributed by atoms with E-state index in [-0.39, 0.29) is 0 Å². The second-order valence-electron chi connectivity index (χ2n) is 8.70. The van der Waals surface area contributed by atoms with Gasteiger partial charge in [-0.3, -0.25) is 9.67 Å². The molecule has 3 aromatic carbocycles. The monoisotopic (exact) mass is 520 g/mol. The van der Waals surface area contributed by atoms with Crippen LogP contribution in [0, 0.1) is 0 Å². The van der Waals surface area contributed by atoms with Gasteiger partial charge in [0.05, 0.1) is 22.3 Å². The topological polar surface area (TPSA) is 118 Å². The zero-order chi connectivity index (χ0) is 26.1. The molecule has 5 rings (SSSR count). The number of aliphatic hydroxyl groups is 1. The lowest BCUT2D eigenvalue weighted by Gasteiger charge is -2.19. The third kappa shape index (κ3) is 4.96. The van der Waals surface area contributed by atoms with E-state index in [1.807, 2.05) is 61.6 Å². The molecule has 37 heavy (non-hydrogen) atoms. The Hall–Kier alpha value is -4.08. The van der Waals surface area contributed by atoms with Gasteiger partial charge in [-0.1, -0.05) is 35.9 Å². The van der Waals surface area contributed by atoms with E-state index in [0.29, 0.717) is 46.8 Å². The summed E-state index contributed by atoms with van der Waals surface area (Å²) in [6, 6.07) is 15.7. The number of fused-ring (bicyclic) bond motifs is 2. The Kier molecular flexibility index (Phi) is 6.73. The lowest BCUT2D eigenvalue weighted by atomic mass is 10.0. The van der Waals surface area contributed by atoms with Gasteiger partial charge >= 0.3 is 5.97 Å². The van der Waals surface area contributed by atoms with Crippen molar-refractivity contribution in [3.63, 3.8) is 0 Å². The maximum absolute atomic E-state index is 11.3. The average Bonchev–Trinajstić information content (AvgIpc) is 3.19. The molecule has 0 fully saturated rings. The van der Waals surface area contributed by atoms with Gasteiger partial charge in [-0.25, -0.2) is 4.79 Å². The molecule has 1 aliphatic rings. The highest BCUT2D eigenvalue weighted by Crippen LogP contribution is 2.40. The predicted molar refractivity (Wildman–Crippen MR) is 143 cm³/mol. The van der Waals surface area contributed by atoms with Crippen molar-refractivity contribution in [3.05, 3.63) is 65.2 Å². The molecule has 0 saturated heterocycles. The molecule has 0 unspecified atom stereocenters. The summed E-state index contributed by atoms with van der Waals surface area (Å²) >= 11 is 6.84. The maximum Gasteiger partial charge on any atom is 0.331 e. The first-order valence-corrected chi connectivity index (χ1v) is 12.1. The van der Waals surface area contributed by atoms with Gasteiger partial charge in [0.1, 0.15) is 13.2 Å². The molecule has 3 N–H and O–H groups in total. The van der Waals surface area contributed by atoms with Crippen LogP contribution in [0.2, 0.25) is 5.02 Å². The summed E-state index contributed by atoms with van der Waals surface area (Å²) in [5.74, 6) is 0.787. The van der Waals surface area contributed by atoms with Gasteiger partial charge in [-0.2, -0.15) is 5.10 Å². The highest BCUT2D eigenvalue weighted by atomic mass is 35.5. The van der Waals surface area contributed by atoms with E-state index >= 15 is 0 Å². The molecule has 0 aliphatic carbocycles. The maximum atomic E-state index is 11.3. The van der Waals surface area contributed by atoms with Gasteiger partial charge in [0.2, 0.25) is 0 Å². The summed E-state index contributed by atoms with van der Waals surface area (Å²) in [5, 5.41) is 28.2. The summed E-state index contributed by atoms with van der Waals surface area (Å²) in [6.45, 7) is 2.42. The number of anilines is 2. The normalized spacial score (nSPS) is 14.6. The first-order valence-electron chi connectivity index (χ1n) is 11.7. The number of aliphatic carboxylic acids is 1. The molecule has 0 bridgehead atoms. The van der Waals surface area contributed by atoms with Crippen LogP contribution < -0.4 is 14.8 Å². The molecule has 1 aromatic heterocycles. The molecule has 0 radical (unpaired) electrons. The molecular weight excluding hydrogens is 496 g/mol. The molecule has 9 nitrogen and oxygen atoms in total. The van der Waals surface area contributed by atoms with Crippen LogP contribution in [-0.2, 0) is 11.8 Å². The number of nitrogens with one attached hydrogen (secondary N) is 1. The second-order valence-corrected chi connectivity index (χ2v) is 9.08. The van der Waals surface area contributed by atoms with Crippen LogP contribution >= 0.6 is 11.6 Å². The largest absolute Gasteiger partial charge is 0.486 e. The van der Waals surface area contributed by atoms with Crippen molar-refractivity contribution in [2.75, 3.05) is 18.5 Å². The van der Waals surface area contributed by atoms with Gasteiger partial charge in [0, 0.05) is 24.2 Å². The van der Waals surface area contributed by atoms with Gasteiger partial charge in [0.25, 0.3) is 0 Å². The summed E-state index contributed by atoms with van der Waals surface area (Å²) < 4.78 is 13.1. The standard InChI is InChI=1S/C27H25ClN4O5/c1-15(33)25(27(34)35)29-14-16-6-8-21-19(12-16)26(31-32(21)2)30-20-5-3-4-18(24(20)28)17-7-9-22-23(13-17)37-11-10-36-22/h3-9,12-15,25,33H,10-11H2,1-2H3,(H,30,31)(H,34,35)/t15-,25+/m1/s1. The lowest BCUT2D eigenvalue weighted by molar-refractivity contribution is -0.140. The Morgan fingerprint density at radius 3 is 2.70 bits per heavy atom. The number of carboxylic acids is 1. The zero-order valence-corrected chi connectivity index (χ0v) is 20.9. The number of hydrogen-bond donors (Lipinski definition) is 3. The minimum atomic E-state index is -1.25. The molecule has 4 aromatic rings. The highest BCUT2D eigenvalue weighted by molar-refractivity contribution is 6.36. The number of ether oxygens (including phenoxy) is 2. The van der Waals surface area contributed by atoms with E-state index in [1.165, 1.54) is 13.1 Å². The first-order chi connectivity index (χ1) is 17.8. The van der Waals surface area contributed by atoms with E-state index in [2.05, 4.69) is 15.4 Å². The zero-order valence-electron chi connectivity index (χ0n) is 20.2. The fourth-order valence-electron chi connectivity index (χ4n) is 4.21. The van der Waals surface area contributed by atoms with Crippen molar-refractivity contribution in [1.82, 2.24) is 9.78 Å². The molecule has 190 valence electrons. The molecule has 0 spiro atoms. The average molecular weight is 521 g/mol. The third-order valence-corrected chi connectivity index (χ3v) is 6.48. The van der Waals surface area contributed by atoms with Gasteiger partial charge in [-0.05, 0) is 48.4 Å². The van der Waals surface area contributed by atoms with Crippen molar-refractivity contribution >= 4 is 46.2 Å². The molecular formula is C27H25ClN4O5. The molecule has 2 heterocycles. The lowest BCUT2D eigenvalue weighted by Crippen LogP contribution is -2.29. The van der Waals surface area contributed by atoms with Crippen LogP contribution in [-0.4, -0.2) is 57.5 Å². The van der Waals surface area contributed by atoms with Gasteiger partial charge < -0.3 is 25.0 Å². The Balaban J connectivity index is 1.47. The minimum absolute atomic E-state index is 0.501. The van der Waals surface area contributed by atoms with Crippen LogP contribution in [0.4, 0.5) is 11.5 Å². The Bertz CT molecular complexity index is 1510. The molecule has 0 saturated carbocycles. The first kappa shape index (κ1) is 24.6. The number of hydrogen-bond acceptors (Lipinski definition) is 7. The number of aliphatic imine (C=N–C) groups is 1. The highest BCUT2D eigenvalue weighted by Gasteiger charge is 2.21. The fourth-order valence-corrected chi connectivity index (χ4v) is 4.49. The van der Waals surface area contributed by atoms with Crippen LogP contribution in [0.3, 0.4) is 0 Å². The van der Waals surface area contributed by atoms with E-state index in [4.69, 9.17) is 21.1 Å². The molecule has 0 amide bonds. The minimum Gasteiger partial charge on any atom is -0.486 e. The fraction of sp³-hybridized carbons (Fsp3) is 0.222. The number of carboxylic acid groups (broad SMARTS) is 1. The Labute approximate surface area is 217 Å². The van der Waals surface area contributed by atoms with Crippen molar-refractivity contribution in [2.45, 2.75) is 19.1 Å². The SMILES string of the molecule is C[C@@H](O)[C@H](N=Cc1ccc2c(c1)c(Nc1cccc(-c3ccc4c(c3)OCCO4)c1Cl)nn2C)C(=O)O. The molecule has 1 aliphatic heterocycles. The number of halogens is 1. The summed E-state index contributed by atoms with van der Waals surface area (Å²) in [6.07, 6.45) is 0.328.